The summed E-state index contributed by atoms with van der Waals surface area (Å²) in [6.45, 7) is 2.54. The lowest BCUT2D eigenvalue weighted by Gasteiger charge is -2.16. The van der Waals surface area contributed by atoms with E-state index in [1.54, 1.807) is 35.5 Å². The second-order valence-electron chi connectivity index (χ2n) is 6.64. The number of halogens is 1. The van der Waals surface area contributed by atoms with Crippen LogP contribution in [0.25, 0.3) is 0 Å². The minimum Gasteiger partial charge on any atom is -0.497 e. The number of nitrogens with zero attached hydrogens (tertiary/aromatic N) is 1. The first-order chi connectivity index (χ1) is 15.1. The minimum atomic E-state index is 0. The molecule has 0 saturated heterocycles. The lowest BCUT2D eigenvalue weighted by atomic mass is 10.2. The van der Waals surface area contributed by atoms with Gasteiger partial charge in [0.05, 0.1) is 35.0 Å². The molecule has 8 nitrogen and oxygen atoms in total. The molecule has 2 aromatic carbocycles. The summed E-state index contributed by atoms with van der Waals surface area (Å²) in [5, 5.41) is 6.58. The second kappa shape index (κ2) is 15.4. The molecule has 0 bridgehead atoms. The predicted octanol–water partition coefficient (Wildman–Crippen LogP) is 3.61. The lowest BCUT2D eigenvalue weighted by molar-refractivity contribution is 0.119. The Morgan fingerprint density at radius 3 is 2.03 bits per heavy atom. The van der Waals surface area contributed by atoms with E-state index in [9.17, 15) is 0 Å². The van der Waals surface area contributed by atoms with E-state index in [1.165, 1.54) is 0 Å². The third kappa shape index (κ3) is 8.62. The van der Waals surface area contributed by atoms with Crippen LogP contribution < -0.4 is 29.6 Å². The molecule has 0 fully saturated rings. The molecule has 0 unspecified atom stereocenters. The molecule has 0 heterocycles. The fourth-order valence-corrected chi connectivity index (χ4v) is 2.94. The first-order valence-electron chi connectivity index (χ1n) is 10.1. The van der Waals surface area contributed by atoms with E-state index < -0.39 is 0 Å². The van der Waals surface area contributed by atoms with Gasteiger partial charge in [-0.2, -0.15) is 0 Å². The summed E-state index contributed by atoms with van der Waals surface area (Å²) < 4.78 is 27.0. The Bertz CT molecular complexity index is 806. The molecule has 0 aliphatic heterocycles. The molecule has 9 heteroatoms. The van der Waals surface area contributed by atoms with Gasteiger partial charge in [-0.15, -0.1) is 24.0 Å². The van der Waals surface area contributed by atoms with Crippen LogP contribution in [-0.2, 0) is 17.9 Å². The van der Waals surface area contributed by atoms with Gasteiger partial charge in [-0.1, -0.05) is 12.1 Å². The standard InChI is InChI=1S/C23H33N3O5.HI/c1-24-23(25-11-6-12-31-16-17-7-9-19(27-2)10-8-17)26-15-18-13-20(28-3)22(30-5)21(14-18)29-4;/h7-10,13-14H,6,11-12,15-16H2,1-5H3,(H2,24,25,26);1H. The average molecular weight is 559 g/mol. The molecule has 2 aromatic rings. The highest BCUT2D eigenvalue weighted by molar-refractivity contribution is 14.0. The highest BCUT2D eigenvalue weighted by Gasteiger charge is 2.13. The summed E-state index contributed by atoms with van der Waals surface area (Å²) in [6, 6.07) is 11.7. The maximum absolute atomic E-state index is 5.73. The van der Waals surface area contributed by atoms with Crippen LogP contribution in [0.15, 0.2) is 41.4 Å². The molecule has 0 atom stereocenters. The van der Waals surface area contributed by atoms with Crippen LogP contribution in [-0.4, -0.2) is 54.6 Å². The van der Waals surface area contributed by atoms with E-state index in [1.807, 2.05) is 36.4 Å². The number of guanidine groups is 1. The van der Waals surface area contributed by atoms with Gasteiger partial charge < -0.3 is 34.3 Å². The first kappa shape index (κ1) is 27.6. The highest BCUT2D eigenvalue weighted by atomic mass is 127. The van der Waals surface area contributed by atoms with Crippen molar-refractivity contribution in [1.82, 2.24) is 10.6 Å². The highest BCUT2D eigenvalue weighted by Crippen LogP contribution is 2.38. The maximum atomic E-state index is 5.73. The molecule has 0 radical (unpaired) electrons. The topological polar surface area (TPSA) is 82.6 Å². The molecular formula is C23H34IN3O5. The maximum Gasteiger partial charge on any atom is 0.203 e. The Kier molecular flexibility index (Phi) is 13.3. The molecule has 2 rings (SSSR count). The van der Waals surface area contributed by atoms with Crippen LogP contribution in [0.2, 0.25) is 0 Å². The van der Waals surface area contributed by atoms with Crippen LogP contribution in [0.1, 0.15) is 17.5 Å². The van der Waals surface area contributed by atoms with Crippen molar-refractivity contribution in [3.63, 3.8) is 0 Å². The van der Waals surface area contributed by atoms with E-state index >= 15 is 0 Å². The smallest absolute Gasteiger partial charge is 0.203 e. The van der Waals surface area contributed by atoms with Gasteiger partial charge in [0.2, 0.25) is 5.75 Å². The Labute approximate surface area is 207 Å². The number of methoxy groups -OCH3 is 4. The number of hydrogen-bond acceptors (Lipinski definition) is 6. The van der Waals surface area contributed by atoms with Crippen molar-refractivity contribution >= 4 is 29.9 Å². The fraction of sp³-hybridized carbons (Fsp3) is 0.435. The summed E-state index contributed by atoms with van der Waals surface area (Å²) in [4.78, 5) is 4.26. The fourth-order valence-electron chi connectivity index (χ4n) is 2.94. The first-order valence-corrected chi connectivity index (χ1v) is 10.1. The lowest BCUT2D eigenvalue weighted by Crippen LogP contribution is -2.37. The number of benzene rings is 2. The zero-order valence-electron chi connectivity index (χ0n) is 19.4. The van der Waals surface area contributed by atoms with Crippen molar-refractivity contribution in [1.29, 1.82) is 0 Å². The molecule has 0 aromatic heterocycles. The predicted molar refractivity (Wildman–Crippen MR) is 137 cm³/mol. The summed E-state index contributed by atoms with van der Waals surface area (Å²) in [6.07, 6.45) is 0.862. The number of rotatable bonds is 12. The molecule has 32 heavy (non-hydrogen) atoms. The summed E-state index contributed by atoms with van der Waals surface area (Å²) >= 11 is 0. The Balaban J connectivity index is 0.00000512. The van der Waals surface area contributed by atoms with Crippen molar-refractivity contribution in [3.05, 3.63) is 47.5 Å². The number of aliphatic imine (C=N–C) groups is 1. The number of hydrogen-bond donors (Lipinski definition) is 2. The normalized spacial score (nSPS) is 10.7. The third-order valence-corrected chi connectivity index (χ3v) is 4.59. The molecule has 0 amide bonds. The van der Waals surface area contributed by atoms with Crippen molar-refractivity contribution in [2.24, 2.45) is 4.99 Å². The summed E-state index contributed by atoms with van der Waals surface area (Å²) in [7, 11) is 8.19. The molecular weight excluding hydrogens is 525 g/mol. The van der Waals surface area contributed by atoms with E-state index in [0.717, 1.165) is 29.8 Å². The van der Waals surface area contributed by atoms with Crippen LogP contribution in [0.5, 0.6) is 23.0 Å². The Hall–Kier alpha value is -2.40. The van der Waals surface area contributed by atoms with Crippen molar-refractivity contribution in [3.8, 4) is 23.0 Å². The molecule has 178 valence electrons. The summed E-state index contributed by atoms with van der Waals surface area (Å²) in [5.74, 6) is 3.37. The molecule has 0 aliphatic carbocycles. The molecule has 2 N–H and O–H groups in total. The van der Waals surface area contributed by atoms with Crippen molar-refractivity contribution in [2.45, 2.75) is 19.6 Å². The van der Waals surface area contributed by atoms with Crippen LogP contribution >= 0.6 is 24.0 Å². The number of nitrogens with one attached hydrogen (secondary N) is 2. The van der Waals surface area contributed by atoms with Gasteiger partial charge in [-0.05, 0) is 41.8 Å². The van der Waals surface area contributed by atoms with Gasteiger partial charge in [0.25, 0.3) is 0 Å². The van der Waals surface area contributed by atoms with Gasteiger partial charge in [-0.3, -0.25) is 4.99 Å². The molecule has 0 saturated carbocycles. The van der Waals surface area contributed by atoms with Crippen molar-refractivity contribution < 1.29 is 23.7 Å². The van der Waals surface area contributed by atoms with Crippen LogP contribution in [0.4, 0.5) is 0 Å². The zero-order chi connectivity index (χ0) is 22.5. The molecule has 0 spiro atoms. The summed E-state index contributed by atoms with van der Waals surface area (Å²) in [5.41, 5.74) is 2.11. The van der Waals surface area contributed by atoms with Crippen LogP contribution in [0.3, 0.4) is 0 Å². The van der Waals surface area contributed by atoms with Gasteiger partial charge in [0.15, 0.2) is 17.5 Å². The van der Waals surface area contributed by atoms with Gasteiger partial charge in [0.1, 0.15) is 5.75 Å². The Morgan fingerprint density at radius 1 is 0.844 bits per heavy atom. The van der Waals surface area contributed by atoms with Crippen molar-refractivity contribution in [2.75, 3.05) is 48.6 Å². The minimum absolute atomic E-state index is 0. The van der Waals surface area contributed by atoms with Gasteiger partial charge in [0, 0.05) is 26.7 Å². The number of ether oxygens (including phenoxy) is 5. The van der Waals surface area contributed by atoms with E-state index in [-0.39, 0.29) is 24.0 Å². The van der Waals surface area contributed by atoms with E-state index in [0.29, 0.717) is 43.0 Å². The monoisotopic (exact) mass is 559 g/mol. The quantitative estimate of drug-likeness (QED) is 0.178. The largest absolute Gasteiger partial charge is 0.497 e. The molecule has 0 aliphatic rings. The Morgan fingerprint density at radius 2 is 1.50 bits per heavy atom. The van der Waals surface area contributed by atoms with E-state index in [4.69, 9.17) is 23.7 Å². The van der Waals surface area contributed by atoms with Gasteiger partial charge >= 0.3 is 0 Å². The van der Waals surface area contributed by atoms with Gasteiger partial charge in [-0.25, -0.2) is 0 Å². The van der Waals surface area contributed by atoms with E-state index in [2.05, 4.69) is 15.6 Å². The van der Waals surface area contributed by atoms with Crippen LogP contribution in [0, 0.1) is 0 Å². The second-order valence-corrected chi connectivity index (χ2v) is 6.64. The zero-order valence-corrected chi connectivity index (χ0v) is 21.7. The average Bonchev–Trinajstić information content (AvgIpc) is 2.82. The SMILES string of the molecule is CN=C(NCCCOCc1ccc(OC)cc1)NCc1cc(OC)c(OC)c(OC)c1.I. The third-order valence-electron chi connectivity index (χ3n) is 4.59.